The highest BCUT2D eigenvalue weighted by atomic mass is 35.5. The van der Waals surface area contributed by atoms with Gasteiger partial charge in [0.25, 0.3) is 0 Å². The number of rotatable bonds is 1. The maximum absolute atomic E-state index is 9.74. The third-order valence-electron chi connectivity index (χ3n) is 2.83. The van der Waals surface area contributed by atoms with Crippen LogP contribution < -0.4 is 5.46 Å². The van der Waals surface area contributed by atoms with E-state index in [9.17, 15) is 5.02 Å². The van der Waals surface area contributed by atoms with Crippen molar-refractivity contribution in [2.75, 3.05) is 0 Å². The number of nitrogens with zero attached hydrogens (tertiary/aromatic N) is 1. The van der Waals surface area contributed by atoms with E-state index in [1.807, 2.05) is 30.3 Å². The summed E-state index contributed by atoms with van der Waals surface area (Å²) in [5, 5.41) is 14.3. The van der Waals surface area contributed by atoms with Gasteiger partial charge in [-0.15, -0.1) is 5.16 Å². The molecule has 0 saturated carbocycles. The highest BCUT2D eigenvalue weighted by Crippen LogP contribution is 2.18. The molecule has 0 aliphatic carbocycles. The third-order valence-corrected chi connectivity index (χ3v) is 3.06. The fourth-order valence-electron chi connectivity index (χ4n) is 1.96. The van der Waals surface area contributed by atoms with Gasteiger partial charge < -0.3 is 9.78 Å². The zero-order valence-corrected chi connectivity index (χ0v) is 10.1. The van der Waals surface area contributed by atoms with Gasteiger partial charge in [-0.1, -0.05) is 48.0 Å². The molecule has 1 aliphatic rings. The summed E-state index contributed by atoms with van der Waals surface area (Å²) in [4.78, 5) is 0. The maximum atomic E-state index is 9.74. The predicted molar refractivity (Wildman–Crippen MR) is 72.2 cm³/mol. The Hall–Kier alpha value is -1.78. The Morgan fingerprint density at radius 3 is 2.67 bits per heavy atom. The van der Waals surface area contributed by atoms with E-state index in [-0.39, 0.29) is 0 Å². The minimum atomic E-state index is -1.04. The summed E-state index contributed by atoms with van der Waals surface area (Å²) >= 11 is 6.00. The lowest BCUT2D eigenvalue weighted by Gasteiger charge is -2.18. The first-order valence-electron chi connectivity index (χ1n) is 5.53. The number of hydrogen-bond donors (Lipinski definition) is 1. The molecular weight excluding hydrogens is 248 g/mol. The summed E-state index contributed by atoms with van der Waals surface area (Å²) in [5.74, 6) is 0. The molecule has 0 spiro atoms. The van der Waals surface area contributed by atoms with Crippen molar-refractivity contribution < 1.29 is 9.78 Å². The van der Waals surface area contributed by atoms with Crippen LogP contribution in [0.25, 0.3) is 0 Å². The van der Waals surface area contributed by atoms with Crippen molar-refractivity contribution in [3.8, 4) is 0 Å². The number of hydrogen-bond acceptors (Lipinski definition) is 3. The van der Waals surface area contributed by atoms with Gasteiger partial charge in [0.05, 0.1) is 0 Å². The lowest BCUT2D eigenvalue weighted by Crippen LogP contribution is -2.40. The summed E-state index contributed by atoms with van der Waals surface area (Å²) in [7, 11) is -1.04. The SMILES string of the molecule is OB1ON=C(c2ccccc2)c2cc(Cl)ccc21. The summed E-state index contributed by atoms with van der Waals surface area (Å²) in [6.45, 7) is 0. The van der Waals surface area contributed by atoms with Gasteiger partial charge in [-0.3, -0.25) is 0 Å². The molecular formula is C13H9BClNO2. The van der Waals surface area contributed by atoms with Gasteiger partial charge in [0.1, 0.15) is 5.71 Å². The largest absolute Gasteiger partial charge is 0.583 e. The van der Waals surface area contributed by atoms with Crippen LogP contribution in [0.1, 0.15) is 11.1 Å². The van der Waals surface area contributed by atoms with Gasteiger partial charge >= 0.3 is 7.12 Å². The lowest BCUT2D eigenvalue weighted by molar-refractivity contribution is 0.284. The van der Waals surface area contributed by atoms with Crippen molar-refractivity contribution in [1.29, 1.82) is 0 Å². The molecule has 3 rings (SSSR count). The summed E-state index contributed by atoms with van der Waals surface area (Å²) < 4.78 is 5.01. The Morgan fingerprint density at radius 2 is 1.89 bits per heavy atom. The molecule has 0 amide bonds. The molecule has 1 N–H and O–H groups in total. The van der Waals surface area contributed by atoms with E-state index in [2.05, 4.69) is 5.16 Å². The van der Waals surface area contributed by atoms with Gasteiger partial charge in [-0.2, -0.15) is 0 Å². The molecule has 2 aromatic carbocycles. The summed E-state index contributed by atoms with van der Waals surface area (Å²) in [6, 6.07) is 14.9. The minimum absolute atomic E-state index is 0.603. The van der Waals surface area contributed by atoms with E-state index in [0.29, 0.717) is 16.2 Å². The van der Waals surface area contributed by atoms with Crippen molar-refractivity contribution in [2.24, 2.45) is 5.16 Å². The van der Waals surface area contributed by atoms with Crippen LogP contribution in [-0.4, -0.2) is 17.9 Å². The van der Waals surface area contributed by atoms with Gasteiger partial charge in [-0.25, -0.2) is 0 Å². The van der Waals surface area contributed by atoms with E-state index >= 15 is 0 Å². The molecule has 0 unspecified atom stereocenters. The standard InChI is InChI=1S/C13H9BClNO2/c15-10-6-7-12-11(8-10)13(16-18-14(12)17)9-4-2-1-3-5-9/h1-8,17H. The first-order valence-corrected chi connectivity index (χ1v) is 5.90. The molecule has 3 nitrogen and oxygen atoms in total. The Labute approximate surface area is 110 Å². The van der Waals surface area contributed by atoms with Crippen LogP contribution in [0.3, 0.4) is 0 Å². The Morgan fingerprint density at radius 1 is 1.11 bits per heavy atom. The molecule has 1 aliphatic heterocycles. The molecule has 5 heteroatoms. The first-order chi connectivity index (χ1) is 8.75. The average Bonchev–Trinajstić information content (AvgIpc) is 2.40. The molecule has 0 aromatic heterocycles. The number of halogens is 1. The normalized spacial score (nSPS) is 13.7. The Balaban J connectivity index is 2.17. The van der Waals surface area contributed by atoms with Crippen LogP contribution in [0.5, 0.6) is 0 Å². The minimum Gasteiger partial charge on any atom is -0.426 e. The van der Waals surface area contributed by atoms with Gasteiger partial charge in [0, 0.05) is 21.6 Å². The van der Waals surface area contributed by atoms with E-state index in [4.69, 9.17) is 16.4 Å². The van der Waals surface area contributed by atoms with Crippen molar-refractivity contribution >= 4 is 29.9 Å². The van der Waals surface area contributed by atoms with Crippen LogP contribution in [0, 0.1) is 0 Å². The smallest absolute Gasteiger partial charge is 0.426 e. The predicted octanol–water partition coefficient (Wildman–Crippen LogP) is 1.81. The zero-order valence-electron chi connectivity index (χ0n) is 9.38. The van der Waals surface area contributed by atoms with E-state index < -0.39 is 7.12 Å². The second kappa shape index (κ2) is 4.48. The van der Waals surface area contributed by atoms with Crippen molar-refractivity contribution in [2.45, 2.75) is 0 Å². The fourth-order valence-corrected chi connectivity index (χ4v) is 2.13. The third kappa shape index (κ3) is 1.90. The van der Waals surface area contributed by atoms with Crippen molar-refractivity contribution in [1.82, 2.24) is 0 Å². The molecule has 88 valence electrons. The molecule has 0 saturated heterocycles. The monoisotopic (exact) mass is 257 g/mol. The average molecular weight is 257 g/mol. The highest BCUT2D eigenvalue weighted by molar-refractivity contribution is 6.63. The van der Waals surface area contributed by atoms with E-state index in [0.717, 1.165) is 11.1 Å². The Bertz CT molecular complexity index is 616. The lowest BCUT2D eigenvalue weighted by atomic mass is 9.74. The first kappa shape index (κ1) is 11.3. The molecule has 0 radical (unpaired) electrons. The molecule has 1 heterocycles. The van der Waals surface area contributed by atoms with Crippen LogP contribution in [-0.2, 0) is 4.76 Å². The molecule has 18 heavy (non-hydrogen) atoms. The Kier molecular flexibility index (Phi) is 2.82. The van der Waals surface area contributed by atoms with Crippen molar-refractivity contribution in [3.05, 3.63) is 64.7 Å². The number of oxime groups is 1. The number of benzene rings is 2. The van der Waals surface area contributed by atoms with Gasteiger partial charge in [0.2, 0.25) is 0 Å². The van der Waals surface area contributed by atoms with Crippen LogP contribution >= 0.6 is 11.6 Å². The van der Waals surface area contributed by atoms with E-state index in [1.54, 1.807) is 18.2 Å². The molecule has 2 aromatic rings. The highest BCUT2D eigenvalue weighted by Gasteiger charge is 2.29. The second-order valence-corrected chi connectivity index (χ2v) is 4.43. The summed E-state index contributed by atoms with van der Waals surface area (Å²) in [5.41, 5.74) is 3.08. The summed E-state index contributed by atoms with van der Waals surface area (Å²) in [6.07, 6.45) is 0. The van der Waals surface area contributed by atoms with Gasteiger partial charge in [0.15, 0.2) is 0 Å². The maximum Gasteiger partial charge on any atom is 0.583 e. The van der Waals surface area contributed by atoms with Crippen LogP contribution in [0.2, 0.25) is 5.02 Å². The van der Waals surface area contributed by atoms with E-state index in [1.165, 1.54) is 0 Å². The quantitative estimate of drug-likeness (QED) is 0.792. The fraction of sp³-hybridized carbons (Fsp3) is 0. The van der Waals surface area contributed by atoms with Gasteiger partial charge in [-0.05, 0) is 12.1 Å². The molecule has 0 fully saturated rings. The second-order valence-electron chi connectivity index (χ2n) is 4.00. The zero-order chi connectivity index (χ0) is 12.5. The number of fused-ring (bicyclic) bond motifs is 1. The topological polar surface area (TPSA) is 41.8 Å². The van der Waals surface area contributed by atoms with Crippen molar-refractivity contribution in [3.63, 3.8) is 0 Å². The molecule has 0 atom stereocenters. The van der Waals surface area contributed by atoms with Crippen LogP contribution in [0.4, 0.5) is 0 Å². The van der Waals surface area contributed by atoms with Crippen LogP contribution in [0.15, 0.2) is 53.7 Å². The molecule has 0 bridgehead atoms.